The molecular formula is C17H18Cl2O6. The van der Waals surface area contributed by atoms with Crippen molar-refractivity contribution < 1.29 is 28.8 Å². The predicted octanol–water partition coefficient (Wildman–Crippen LogP) is 3.76. The van der Waals surface area contributed by atoms with Crippen LogP contribution in [0.25, 0.3) is 0 Å². The summed E-state index contributed by atoms with van der Waals surface area (Å²) < 4.78 is 23.3. The number of fused-ring (bicyclic) bond motifs is 1. The highest BCUT2D eigenvalue weighted by Gasteiger charge is 2.43. The van der Waals surface area contributed by atoms with Gasteiger partial charge < -0.3 is 24.1 Å². The van der Waals surface area contributed by atoms with E-state index < -0.39 is 11.8 Å². The van der Waals surface area contributed by atoms with Crippen molar-refractivity contribution in [2.75, 3.05) is 19.8 Å². The highest BCUT2D eigenvalue weighted by atomic mass is 35.5. The number of benzene rings is 1. The van der Waals surface area contributed by atoms with E-state index in [2.05, 4.69) is 0 Å². The normalized spacial score (nSPS) is 25.3. The van der Waals surface area contributed by atoms with Crippen LogP contribution in [-0.4, -0.2) is 42.8 Å². The van der Waals surface area contributed by atoms with Gasteiger partial charge in [0.25, 0.3) is 0 Å². The van der Waals surface area contributed by atoms with E-state index in [4.69, 9.17) is 42.1 Å². The molecule has 4 rings (SSSR count). The van der Waals surface area contributed by atoms with Crippen LogP contribution >= 0.6 is 23.2 Å². The summed E-state index contributed by atoms with van der Waals surface area (Å²) in [5.41, 5.74) is -0.0926. The Bertz CT molecular complexity index is 691. The van der Waals surface area contributed by atoms with Crippen LogP contribution in [0.5, 0.6) is 11.5 Å². The molecule has 6 nitrogen and oxygen atoms in total. The Morgan fingerprint density at radius 3 is 2.48 bits per heavy atom. The molecule has 1 N–H and O–H groups in total. The molecule has 0 radical (unpaired) electrons. The Morgan fingerprint density at radius 1 is 1.16 bits per heavy atom. The van der Waals surface area contributed by atoms with Gasteiger partial charge in [-0.15, -0.1) is 0 Å². The van der Waals surface area contributed by atoms with Crippen molar-refractivity contribution in [2.45, 2.75) is 37.6 Å². The lowest BCUT2D eigenvalue weighted by Crippen LogP contribution is -2.43. The molecule has 0 aromatic heterocycles. The van der Waals surface area contributed by atoms with Crippen molar-refractivity contribution in [2.24, 2.45) is 5.92 Å². The van der Waals surface area contributed by atoms with Crippen molar-refractivity contribution in [3.05, 3.63) is 21.7 Å². The molecule has 136 valence electrons. The van der Waals surface area contributed by atoms with Crippen molar-refractivity contribution in [3.8, 4) is 11.5 Å². The van der Waals surface area contributed by atoms with Crippen LogP contribution in [0.15, 0.2) is 6.07 Å². The number of halogens is 2. The molecular weight excluding hydrogens is 371 g/mol. The van der Waals surface area contributed by atoms with Crippen molar-refractivity contribution in [1.29, 1.82) is 0 Å². The Hall–Kier alpha value is -1.21. The van der Waals surface area contributed by atoms with Gasteiger partial charge >= 0.3 is 5.97 Å². The molecule has 25 heavy (non-hydrogen) atoms. The summed E-state index contributed by atoms with van der Waals surface area (Å²) in [4.78, 5) is 11.3. The standard InChI is InChI=1S/C17H18Cl2O6/c18-11-7-10(16(20)21)13(19)15-14(11)22-8-12(25-15)9-1-3-17(4-2-9)23-5-6-24-17/h7,9,12H,1-6,8H2,(H,20,21)/t12-/m1/s1. The Labute approximate surface area is 154 Å². The van der Waals surface area contributed by atoms with Crippen LogP contribution < -0.4 is 9.47 Å². The lowest BCUT2D eigenvalue weighted by molar-refractivity contribution is -0.187. The minimum atomic E-state index is -1.16. The molecule has 8 heteroatoms. The number of rotatable bonds is 2. The third-order valence-electron chi connectivity index (χ3n) is 5.15. The number of aromatic carboxylic acids is 1. The number of hydrogen-bond acceptors (Lipinski definition) is 5. The van der Waals surface area contributed by atoms with E-state index in [-0.39, 0.29) is 33.4 Å². The maximum absolute atomic E-state index is 11.3. The smallest absolute Gasteiger partial charge is 0.337 e. The second-order valence-electron chi connectivity index (χ2n) is 6.60. The summed E-state index contributed by atoms with van der Waals surface area (Å²) in [6.07, 6.45) is 3.19. The van der Waals surface area contributed by atoms with E-state index in [1.807, 2.05) is 0 Å². The molecule has 1 atom stereocenters. The summed E-state index contributed by atoms with van der Waals surface area (Å²) >= 11 is 12.3. The minimum Gasteiger partial charge on any atom is -0.484 e. The second-order valence-corrected chi connectivity index (χ2v) is 7.38. The average molecular weight is 389 g/mol. The van der Waals surface area contributed by atoms with Gasteiger partial charge in [0.15, 0.2) is 17.3 Å². The first kappa shape index (κ1) is 17.2. The molecule has 0 bridgehead atoms. The fourth-order valence-electron chi connectivity index (χ4n) is 3.80. The maximum Gasteiger partial charge on any atom is 0.337 e. The lowest BCUT2D eigenvalue weighted by Gasteiger charge is -2.40. The largest absolute Gasteiger partial charge is 0.484 e. The molecule has 3 aliphatic rings. The molecule has 0 amide bonds. The maximum atomic E-state index is 11.3. The molecule has 1 aromatic carbocycles. The van der Waals surface area contributed by atoms with Gasteiger partial charge in [-0.3, -0.25) is 0 Å². The van der Waals surface area contributed by atoms with E-state index in [0.717, 1.165) is 25.7 Å². The highest BCUT2D eigenvalue weighted by Crippen LogP contribution is 2.48. The van der Waals surface area contributed by atoms with Gasteiger partial charge in [0.05, 0.1) is 23.8 Å². The molecule has 1 aliphatic carbocycles. The van der Waals surface area contributed by atoms with Gasteiger partial charge in [0, 0.05) is 12.8 Å². The summed E-state index contributed by atoms with van der Waals surface area (Å²) in [6, 6.07) is 1.29. The topological polar surface area (TPSA) is 74.2 Å². The van der Waals surface area contributed by atoms with Crippen LogP contribution in [0, 0.1) is 5.92 Å². The summed E-state index contributed by atoms with van der Waals surface area (Å²) in [6.45, 7) is 1.65. The number of carbonyl (C=O) groups is 1. The zero-order valence-corrected chi connectivity index (χ0v) is 14.9. The first-order valence-electron chi connectivity index (χ1n) is 8.32. The molecule has 0 unspecified atom stereocenters. The third-order valence-corrected chi connectivity index (χ3v) is 5.81. The number of carboxylic acids is 1. The van der Waals surface area contributed by atoms with E-state index >= 15 is 0 Å². The highest BCUT2D eigenvalue weighted by molar-refractivity contribution is 6.38. The van der Waals surface area contributed by atoms with Crippen LogP contribution in [0.4, 0.5) is 0 Å². The first-order chi connectivity index (χ1) is 12.0. The fourth-order valence-corrected chi connectivity index (χ4v) is 4.32. The van der Waals surface area contributed by atoms with Gasteiger partial charge in [-0.1, -0.05) is 23.2 Å². The van der Waals surface area contributed by atoms with Crippen LogP contribution in [0.2, 0.25) is 10.0 Å². The Balaban J connectivity index is 1.52. The number of carboxylic acid groups (broad SMARTS) is 1. The monoisotopic (exact) mass is 388 g/mol. The fraction of sp³-hybridized carbons (Fsp3) is 0.588. The Morgan fingerprint density at radius 2 is 1.84 bits per heavy atom. The van der Waals surface area contributed by atoms with Gasteiger partial charge in [0.1, 0.15) is 17.7 Å². The molecule has 1 aromatic rings. The number of hydrogen-bond donors (Lipinski definition) is 1. The van der Waals surface area contributed by atoms with Gasteiger partial charge in [-0.05, 0) is 24.8 Å². The average Bonchev–Trinajstić information content (AvgIpc) is 3.06. The van der Waals surface area contributed by atoms with Crippen molar-refractivity contribution in [1.82, 2.24) is 0 Å². The van der Waals surface area contributed by atoms with Gasteiger partial charge in [-0.2, -0.15) is 0 Å². The van der Waals surface area contributed by atoms with Crippen molar-refractivity contribution >= 4 is 29.2 Å². The number of ether oxygens (including phenoxy) is 4. The van der Waals surface area contributed by atoms with E-state index in [9.17, 15) is 9.90 Å². The SMILES string of the molecule is O=C(O)c1cc(Cl)c2c(c1Cl)O[C@@H](C1CCC3(CC1)OCCO3)CO2. The van der Waals surface area contributed by atoms with Crippen molar-refractivity contribution in [3.63, 3.8) is 0 Å². The summed E-state index contributed by atoms with van der Waals surface area (Å²) in [5, 5.41) is 9.46. The quantitative estimate of drug-likeness (QED) is 0.830. The van der Waals surface area contributed by atoms with E-state index in [1.54, 1.807) is 0 Å². The predicted molar refractivity (Wildman–Crippen MR) is 89.9 cm³/mol. The summed E-state index contributed by atoms with van der Waals surface area (Å²) in [5.74, 6) is -0.800. The molecule has 1 saturated heterocycles. The zero-order chi connectivity index (χ0) is 17.6. The second kappa shape index (κ2) is 6.50. The van der Waals surface area contributed by atoms with Crippen LogP contribution in [0.1, 0.15) is 36.0 Å². The molecule has 2 fully saturated rings. The third kappa shape index (κ3) is 3.05. The molecule has 1 spiro atoms. The first-order valence-corrected chi connectivity index (χ1v) is 9.07. The zero-order valence-electron chi connectivity index (χ0n) is 13.4. The molecule has 2 heterocycles. The van der Waals surface area contributed by atoms with Crippen LogP contribution in [-0.2, 0) is 9.47 Å². The lowest BCUT2D eigenvalue weighted by atomic mass is 9.81. The Kier molecular flexibility index (Phi) is 4.48. The van der Waals surface area contributed by atoms with Gasteiger partial charge in [-0.25, -0.2) is 4.79 Å². The van der Waals surface area contributed by atoms with Gasteiger partial charge in [0.2, 0.25) is 0 Å². The molecule has 1 saturated carbocycles. The van der Waals surface area contributed by atoms with E-state index in [1.165, 1.54) is 6.07 Å². The minimum absolute atomic E-state index is 0.0198. The van der Waals surface area contributed by atoms with E-state index in [0.29, 0.717) is 25.6 Å². The molecule has 2 aliphatic heterocycles. The summed E-state index contributed by atoms with van der Waals surface area (Å²) in [7, 11) is 0. The van der Waals surface area contributed by atoms with Crippen LogP contribution in [0.3, 0.4) is 0 Å².